The number of esters is 1. The lowest BCUT2D eigenvalue weighted by molar-refractivity contribution is -0.141. The molecule has 0 N–H and O–H groups in total. The highest BCUT2D eigenvalue weighted by molar-refractivity contribution is 5.99. The van der Waals surface area contributed by atoms with Crippen molar-refractivity contribution in [3.05, 3.63) is 23.8 Å². The maximum atomic E-state index is 12.2. The smallest absolute Gasteiger partial charge is 0.306 e. The summed E-state index contributed by atoms with van der Waals surface area (Å²) in [5.74, 6) is 0.0662. The van der Waals surface area contributed by atoms with Crippen molar-refractivity contribution in [3.63, 3.8) is 0 Å². The molecule has 0 amide bonds. The zero-order chi connectivity index (χ0) is 14.4. The van der Waals surface area contributed by atoms with Gasteiger partial charge in [0.2, 0.25) is 0 Å². The van der Waals surface area contributed by atoms with Gasteiger partial charge in [0.05, 0.1) is 27.8 Å². The van der Waals surface area contributed by atoms with Gasteiger partial charge < -0.3 is 14.2 Å². The molecule has 0 heterocycles. The van der Waals surface area contributed by atoms with Crippen molar-refractivity contribution in [2.75, 3.05) is 21.3 Å². The van der Waals surface area contributed by atoms with Gasteiger partial charge in [0.25, 0.3) is 0 Å². The average Bonchev–Trinajstić information content (AvgIpc) is 2.45. The molecule has 0 aliphatic rings. The molecule has 5 heteroatoms. The van der Waals surface area contributed by atoms with Crippen LogP contribution in [0.3, 0.4) is 0 Å². The third kappa shape index (κ3) is 3.71. The molecule has 0 aliphatic carbocycles. The van der Waals surface area contributed by atoms with Crippen LogP contribution < -0.4 is 9.47 Å². The fraction of sp³-hybridized carbons (Fsp3) is 0.429. The summed E-state index contributed by atoms with van der Waals surface area (Å²) in [4.78, 5) is 23.3. The Bertz CT molecular complexity index is 467. The molecule has 1 aromatic rings. The molecule has 0 aromatic heterocycles. The summed E-state index contributed by atoms with van der Waals surface area (Å²) in [6.07, 6.45) is 0.0592. The number of carbonyl (C=O) groups is 2. The highest BCUT2D eigenvalue weighted by atomic mass is 16.5. The molecule has 1 rings (SSSR count). The predicted octanol–water partition coefficient (Wildman–Crippen LogP) is 2.09. The molecule has 1 atom stereocenters. The number of Topliss-reactive ketones (excluding diaryl/α,β-unsaturated/α-hetero) is 1. The Kier molecular flexibility index (Phi) is 5.36. The molecule has 0 bridgehead atoms. The van der Waals surface area contributed by atoms with Crippen LogP contribution in [0.5, 0.6) is 11.5 Å². The minimum absolute atomic E-state index is 0.0592. The summed E-state index contributed by atoms with van der Waals surface area (Å²) in [5, 5.41) is 0. The molecular weight excluding hydrogens is 248 g/mol. The second-order valence-electron chi connectivity index (χ2n) is 4.12. The van der Waals surface area contributed by atoms with Crippen LogP contribution in [0.15, 0.2) is 18.2 Å². The summed E-state index contributed by atoms with van der Waals surface area (Å²) >= 11 is 0. The first kappa shape index (κ1) is 15.0. The van der Waals surface area contributed by atoms with Crippen LogP contribution in [0, 0.1) is 5.92 Å². The van der Waals surface area contributed by atoms with E-state index in [1.165, 1.54) is 21.3 Å². The maximum absolute atomic E-state index is 12.2. The molecule has 0 spiro atoms. The molecule has 0 aliphatic heterocycles. The third-order valence-corrected chi connectivity index (χ3v) is 2.82. The Hall–Kier alpha value is -2.04. The van der Waals surface area contributed by atoms with Crippen LogP contribution in [0.1, 0.15) is 23.7 Å². The van der Waals surface area contributed by atoms with Gasteiger partial charge in [-0.25, -0.2) is 0 Å². The van der Waals surface area contributed by atoms with Gasteiger partial charge >= 0.3 is 5.97 Å². The van der Waals surface area contributed by atoms with Gasteiger partial charge in [0.1, 0.15) is 0 Å². The monoisotopic (exact) mass is 266 g/mol. The van der Waals surface area contributed by atoms with Gasteiger partial charge in [0, 0.05) is 11.5 Å². The molecule has 1 unspecified atom stereocenters. The molecule has 1 aromatic carbocycles. The summed E-state index contributed by atoms with van der Waals surface area (Å²) in [6, 6.07) is 4.92. The molecule has 19 heavy (non-hydrogen) atoms. The van der Waals surface area contributed by atoms with E-state index in [0.717, 1.165) is 0 Å². The zero-order valence-corrected chi connectivity index (χ0v) is 11.6. The lowest BCUT2D eigenvalue weighted by Gasteiger charge is -2.12. The van der Waals surface area contributed by atoms with Gasteiger partial charge in [-0.15, -0.1) is 0 Å². The number of rotatable bonds is 6. The Morgan fingerprint density at radius 2 is 1.74 bits per heavy atom. The van der Waals surface area contributed by atoms with Crippen molar-refractivity contribution in [2.45, 2.75) is 13.3 Å². The number of benzene rings is 1. The summed E-state index contributed by atoms with van der Waals surface area (Å²) in [5.41, 5.74) is 0.481. The second kappa shape index (κ2) is 6.78. The molecule has 0 saturated heterocycles. The number of ether oxygens (including phenoxy) is 3. The fourth-order valence-corrected chi connectivity index (χ4v) is 1.70. The van der Waals surface area contributed by atoms with E-state index in [2.05, 4.69) is 4.74 Å². The van der Waals surface area contributed by atoms with Crippen LogP contribution in [0.25, 0.3) is 0 Å². The van der Waals surface area contributed by atoms with Crippen molar-refractivity contribution in [3.8, 4) is 11.5 Å². The number of ketones is 1. The largest absolute Gasteiger partial charge is 0.493 e. The van der Waals surface area contributed by atoms with E-state index in [0.29, 0.717) is 17.1 Å². The molecule has 104 valence electrons. The van der Waals surface area contributed by atoms with E-state index in [1.807, 2.05) is 0 Å². The lowest BCUT2D eigenvalue weighted by Crippen LogP contribution is -2.16. The summed E-state index contributed by atoms with van der Waals surface area (Å²) in [7, 11) is 4.33. The second-order valence-corrected chi connectivity index (χ2v) is 4.12. The Balaban J connectivity index is 2.90. The molecular formula is C14H18O5. The number of hydrogen-bond donors (Lipinski definition) is 0. The van der Waals surface area contributed by atoms with Gasteiger partial charge in [0.15, 0.2) is 17.3 Å². The maximum Gasteiger partial charge on any atom is 0.306 e. The number of hydrogen-bond acceptors (Lipinski definition) is 5. The van der Waals surface area contributed by atoms with Gasteiger partial charge in [-0.05, 0) is 18.2 Å². The summed E-state index contributed by atoms with van der Waals surface area (Å²) in [6.45, 7) is 1.69. The third-order valence-electron chi connectivity index (χ3n) is 2.82. The first-order chi connectivity index (χ1) is 9.03. The van der Waals surface area contributed by atoms with Crippen LogP contribution in [-0.2, 0) is 9.53 Å². The van der Waals surface area contributed by atoms with Gasteiger partial charge in [-0.3, -0.25) is 9.59 Å². The predicted molar refractivity (Wildman–Crippen MR) is 69.7 cm³/mol. The van der Waals surface area contributed by atoms with Gasteiger partial charge in [-0.1, -0.05) is 6.92 Å². The minimum atomic E-state index is -0.439. The van der Waals surface area contributed by atoms with E-state index in [1.54, 1.807) is 25.1 Å². The molecule has 0 radical (unpaired) electrons. The first-order valence-electron chi connectivity index (χ1n) is 5.86. The number of carbonyl (C=O) groups excluding carboxylic acids is 2. The minimum Gasteiger partial charge on any atom is -0.493 e. The average molecular weight is 266 g/mol. The van der Waals surface area contributed by atoms with Gasteiger partial charge in [-0.2, -0.15) is 0 Å². The molecule has 5 nitrogen and oxygen atoms in total. The molecule has 0 saturated carbocycles. The molecule has 0 fully saturated rings. The fourth-order valence-electron chi connectivity index (χ4n) is 1.70. The Morgan fingerprint density at radius 1 is 1.11 bits per heavy atom. The highest BCUT2D eigenvalue weighted by Gasteiger charge is 2.20. The van der Waals surface area contributed by atoms with Crippen LogP contribution >= 0.6 is 0 Å². The topological polar surface area (TPSA) is 61.8 Å². The Morgan fingerprint density at radius 3 is 2.26 bits per heavy atom. The van der Waals surface area contributed by atoms with Crippen LogP contribution in [0.2, 0.25) is 0 Å². The van der Waals surface area contributed by atoms with Crippen molar-refractivity contribution in [1.29, 1.82) is 0 Å². The van der Waals surface area contributed by atoms with E-state index >= 15 is 0 Å². The SMILES string of the molecule is COC(=O)CC(C)C(=O)c1ccc(OC)c(OC)c1. The summed E-state index contributed by atoms with van der Waals surface area (Å²) < 4.78 is 14.8. The quantitative estimate of drug-likeness (QED) is 0.582. The van der Waals surface area contributed by atoms with Crippen LogP contribution in [-0.4, -0.2) is 33.1 Å². The van der Waals surface area contributed by atoms with Crippen molar-refractivity contribution < 1.29 is 23.8 Å². The van der Waals surface area contributed by atoms with Crippen molar-refractivity contribution in [2.24, 2.45) is 5.92 Å². The van der Waals surface area contributed by atoms with Crippen molar-refractivity contribution in [1.82, 2.24) is 0 Å². The van der Waals surface area contributed by atoms with Crippen molar-refractivity contribution >= 4 is 11.8 Å². The number of methoxy groups -OCH3 is 3. The zero-order valence-electron chi connectivity index (χ0n) is 11.6. The van der Waals surface area contributed by atoms with E-state index < -0.39 is 11.9 Å². The lowest BCUT2D eigenvalue weighted by atomic mass is 9.96. The normalized spacial score (nSPS) is 11.6. The standard InChI is InChI=1S/C14H18O5/c1-9(7-13(15)19-4)14(16)10-5-6-11(17-2)12(8-10)18-3/h5-6,8-9H,7H2,1-4H3. The Labute approximate surface area is 112 Å². The van der Waals surface area contributed by atoms with Crippen LogP contribution in [0.4, 0.5) is 0 Å². The first-order valence-corrected chi connectivity index (χ1v) is 5.86. The van der Waals surface area contributed by atoms with E-state index in [-0.39, 0.29) is 12.2 Å². The van der Waals surface area contributed by atoms with E-state index in [4.69, 9.17) is 9.47 Å². The highest BCUT2D eigenvalue weighted by Crippen LogP contribution is 2.28. The van der Waals surface area contributed by atoms with E-state index in [9.17, 15) is 9.59 Å².